The number of carbonyl (C=O) groups is 2. The number of thiophene rings is 1. The zero-order valence-electron chi connectivity index (χ0n) is 22.2. The summed E-state index contributed by atoms with van der Waals surface area (Å²) in [6.45, 7) is 6.92. The van der Waals surface area contributed by atoms with Gasteiger partial charge in [-0.3, -0.25) is 20.0 Å². The number of thiazole rings is 1. The first kappa shape index (κ1) is 29.9. The quantitative estimate of drug-likeness (QED) is 0.221. The van der Waals surface area contributed by atoms with Crippen LogP contribution in [-0.4, -0.2) is 53.1 Å². The first-order valence-corrected chi connectivity index (χ1v) is 14.7. The Morgan fingerprint density at radius 3 is 2.62 bits per heavy atom. The highest BCUT2D eigenvalue weighted by atomic mass is 35.5. The maximum absolute atomic E-state index is 15.9. The van der Waals surface area contributed by atoms with Crippen LogP contribution in [0.15, 0.2) is 42.6 Å². The van der Waals surface area contributed by atoms with Crippen LogP contribution in [-0.2, 0) is 16.1 Å². The third kappa shape index (κ3) is 6.60. The van der Waals surface area contributed by atoms with E-state index in [2.05, 4.69) is 25.5 Å². The number of rotatable bonds is 8. The molecule has 0 aliphatic carbocycles. The molecule has 1 aliphatic rings. The van der Waals surface area contributed by atoms with E-state index in [0.717, 1.165) is 47.8 Å². The maximum Gasteiger partial charge on any atom is 0.321 e. The number of amides is 2. The van der Waals surface area contributed by atoms with Gasteiger partial charge in [0.1, 0.15) is 5.52 Å². The molecule has 0 spiro atoms. The summed E-state index contributed by atoms with van der Waals surface area (Å²) in [6.07, 6.45) is 3.27. The molecule has 1 aliphatic heterocycles. The summed E-state index contributed by atoms with van der Waals surface area (Å²) in [5.74, 6) is -0.554. The molecule has 0 radical (unpaired) electrons. The Kier molecular flexibility index (Phi) is 10.1. The maximum atomic E-state index is 15.9. The highest BCUT2D eigenvalue weighted by Crippen LogP contribution is 2.42. The number of pyridine rings is 1. The van der Waals surface area contributed by atoms with Gasteiger partial charge in [0.15, 0.2) is 10.9 Å². The summed E-state index contributed by atoms with van der Waals surface area (Å²) in [7, 11) is 0. The number of anilines is 1. The van der Waals surface area contributed by atoms with Crippen molar-refractivity contribution in [1.82, 2.24) is 20.2 Å². The van der Waals surface area contributed by atoms with E-state index in [9.17, 15) is 9.59 Å². The number of aromatic nitrogens is 2. The minimum absolute atomic E-state index is 0. The third-order valence-corrected chi connectivity index (χ3v) is 8.72. The average molecular weight is 604 g/mol. The second-order valence-corrected chi connectivity index (χ2v) is 11.4. The second-order valence-electron chi connectivity index (χ2n) is 9.25. The number of hydrogen-bond acceptors (Lipinski definition) is 8. The molecule has 3 aromatic heterocycles. The highest BCUT2D eigenvalue weighted by molar-refractivity contribution is 7.23. The lowest BCUT2D eigenvalue weighted by molar-refractivity contribution is -0.149. The molecule has 1 fully saturated rings. The van der Waals surface area contributed by atoms with Gasteiger partial charge in [0.25, 0.3) is 0 Å². The summed E-state index contributed by atoms with van der Waals surface area (Å²) in [4.78, 5) is 37.3. The molecule has 0 saturated carbocycles. The normalized spacial score (nSPS) is 14.1. The first-order valence-electron chi connectivity index (χ1n) is 13.0. The van der Waals surface area contributed by atoms with Crippen LogP contribution in [0.2, 0.25) is 0 Å². The molecule has 8 nitrogen and oxygen atoms in total. The fourth-order valence-electron chi connectivity index (χ4n) is 4.71. The predicted molar refractivity (Wildman–Crippen MR) is 161 cm³/mol. The molecule has 12 heteroatoms. The molecule has 212 valence electrons. The van der Waals surface area contributed by atoms with Gasteiger partial charge in [-0.05, 0) is 70.1 Å². The number of fused-ring (bicyclic) bond motifs is 1. The summed E-state index contributed by atoms with van der Waals surface area (Å²) >= 11 is 2.77. The number of nitrogens with one attached hydrogen (secondary N) is 2. The number of benzene rings is 1. The molecule has 0 atom stereocenters. The number of urea groups is 1. The summed E-state index contributed by atoms with van der Waals surface area (Å²) in [6, 6.07) is 11.0. The Morgan fingerprint density at radius 2 is 1.93 bits per heavy atom. The number of carbonyl (C=O) groups excluding carboxylic acids is 2. The molecule has 4 heterocycles. The van der Waals surface area contributed by atoms with Gasteiger partial charge in [0.2, 0.25) is 0 Å². The number of halogens is 2. The van der Waals surface area contributed by atoms with Crippen LogP contribution in [0.25, 0.3) is 31.9 Å². The van der Waals surface area contributed by atoms with Gasteiger partial charge in [0.05, 0.1) is 22.9 Å². The average Bonchev–Trinajstić information content (AvgIpc) is 3.57. The lowest BCUT2D eigenvalue weighted by Crippen LogP contribution is -2.36. The second kappa shape index (κ2) is 13.5. The molecular weight excluding hydrogens is 573 g/mol. The van der Waals surface area contributed by atoms with Gasteiger partial charge in [-0.2, -0.15) is 0 Å². The van der Waals surface area contributed by atoms with Crippen molar-refractivity contribution in [1.29, 1.82) is 0 Å². The number of esters is 1. The molecule has 0 bridgehead atoms. The van der Waals surface area contributed by atoms with Gasteiger partial charge >= 0.3 is 12.0 Å². The van der Waals surface area contributed by atoms with Gasteiger partial charge in [-0.25, -0.2) is 14.2 Å². The van der Waals surface area contributed by atoms with Crippen molar-refractivity contribution in [3.63, 3.8) is 0 Å². The van der Waals surface area contributed by atoms with Crippen LogP contribution in [0.5, 0.6) is 0 Å². The topological polar surface area (TPSA) is 96.5 Å². The van der Waals surface area contributed by atoms with Crippen LogP contribution in [0.4, 0.5) is 14.3 Å². The van der Waals surface area contributed by atoms with Crippen molar-refractivity contribution >= 4 is 62.4 Å². The van der Waals surface area contributed by atoms with E-state index < -0.39 is 5.82 Å². The Morgan fingerprint density at radius 1 is 1.12 bits per heavy atom. The number of likely N-dealkylation sites (tertiary alicyclic amines) is 1. The van der Waals surface area contributed by atoms with Crippen molar-refractivity contribution in [3.05, 3.63) is 53.3 Å². The van der Waals surface area contributed by atoms with Crippen LogP contribution < -0.4 is 10.6 Å². The number of hydrogen-bond donors (Lipinski definition) is 2. The molecule has 40 heavy (non-hydrogen) atoms. The molecule has 5 rings (SSSR count). The Hall–Kier alpha value is -3.12. The fourth-order valence-corrected chi connectivity index (χ4v) is 6.75. The predicted octanol–water partition coefficient (Wildman–Crippen LogP) is 6.56. The van der Waals surface area contributed by atoms with Crippen LogP contribution >= 0.6 is 35.1 Å². The van der Waals surface area contributed by atoms with E-state index in [1.165, 1.54) is 11.3 Å². The molecular formula is C28H31ClFN5O3S2. The zero-order chi connectivity index (χ0) is 27.4. The van der Waals surface area contributed by atoms with E-state index in [-0.39, 0.29) is 35.8 Å². The molecule has 2 amide bonds. The minimum Gasteiger partial charge on any atom is -0.466 e. The molecule has 2 N–H and O–H groups in total. The van der Waals surface area contributed by atoms with Gasteiger partial charge in [-0.15, -0.1) is 23.7 Å². The van der Waals surface area contributed by atoms with Crippen molar-refractivity contribution in [2.24, 2.45) is 5.92 Å². The standard InChI is InChI=1S/C28H30FN5O3S2.ClH/c1-3-30-27(36)33-28-32-24-23(29)20(15-19(25(24)39-28)21-7-5-6-12-31-21)22-9-8-18(38-22)16-34-13-10-17(11-14-34)26(35)37-4-2;/h5-9,12,15,17H,3-4,10-11,13-14,16H2,1-2H3,(H2,30,32,33,36);1H. The van der Waals surface area contributed by atoms with Crippen molar-refractivity contribution in [2.75, 3.05) is 31.6 Å². The smallest absolute Gasteiger partial charge is 0.321 e. The zero-order valence-corrected chi connectivity index (χ0v) is 24.7. The summed E-state index contributed by atoms with van der Waals surface area (Å²) < 4.78 is 21.8. The van der Waals surface area contributed by atoms with Crippen molar-refractivity contribution in [2.45, 2.75) is 33.2 Å². The van der Waals surface area contributed by atoms with E-state index >= 15 is 4.39 Å². The molecule has 0 unspecified atom stereocenters. The molecule has 1 aromatic carbocycles. The first-order chi connectivity index (χ1) is 19.0. The monoisotopic (exact) mass is 603 g/mol. The lowest BCUT2D eigenvalue weighted by Gasteiger charge is -2.30. The van der Waals surface area contributed by atoms with Crippen molar-refractivity contribution < 1.29 is 18.7 Å². The fraction of sp³-hybridized carbons (Fsp3) is 0.357. The number of nitrogens with zero attached hydrogens (tertiary/aromatic N) is 3. The van der Waals surface area contributed by atoms with Crippen LogP contribution in [0.1, 0.15) is 31.6 Å². The van der Waals surface area contributed by atoms with Gasteiger partial charge in [-0.1, -0.05) is 17.4 Å². The SMILES string of the molecule is CCNC(=O)Nc1nc2c(F)c(-c3ccc(CN4CCC(C(=O)OCC)CC4)s3)cc(-c3ccccn3)c2s1.Cl. The Labute approximate surface area is 246 Å². The minimum atomic E-state index is -0.423. The van der Waals surface area contributed by atoms with Crippen LogP contribution in [0.3, 0.4) is 0 Å². The largest absolute Gasteiger partial charge is 0.466 e. The van der Waals surface area contributed by atoms with E-state index in [0.29, 0.717) is 34.2 Å². The van der Waals surface area contributed by atoms with E-state index in [4.69, 9.17) is 4.74 Å². The lowest BCUT2D eigenvalue weighted by atomic mass is 9.97. The Balaban J connectivity index is 0.00000370. The number of ether oxygens (including phenoxy) is 1. The van der Waals surface area contributed by atoms with Crippen LogP contribution in [0, 0.1) is 11.7 Å². The van der Waals surface area contributed by atoms with Gasteiger partial charge < -0.3 is 10.1 Å². The Bertz CT molecular complexity index is 1470. The van der Waals surface area contributed by atoms with E-state index in [1.807, 2.05) is 50.2 Å². The molecule has 4 aromatic rings. The van der Waals surface area contributed by atoms with Gasteiger partial charge in [0, 0.05) is 40.2 Å². The summed E-state index contributed by atoms with van der Waals surface area (Å²) in [5, 5.41) is 5.70. The number of piperidine rings is 1. The molecule has 1 saturated heterocycles. The third-order valence-electron chi connectivity index (χ3n) is 6.62. The van der Waals surface area contributed by atoms with Crippen molar-refractivity contribution in [3.8, 4) is 21.7 Å². The van der Waals surface area contributed by atoms with E-state index in [1.54, 1.807) is 17.5 Å². The summed E-state index contributed by atoms with van der Waals surface area (Å²) in [5.41, 5.74) is 2.13. The highest BCUT2D eigenvalue weighted by Gasteiger charge is 2.26.